The molecule has 0 fully saturated rings. The fourth-order valence-electron chi connectivity index (χ4n) is 2.07. The van der Waals surface area contributed by atoms with E-state index in [0.717, 1.165) is 4.90 Å². The summed E-state index contributed by atoms with van der Waals surface area (Å²) < 4.78 is 6.52. The summed E-state index contributed by atoms with van der Waals surface area (Å²) in [5, 5.41) is 1.08. The average Bonchev–Trinajstić information content (AvgIpc) is 2.60. The van der Waals surface area contributed by atoms with Crippen molar-refractivity contribution in [3.8, 4) is 0 Å². The number of ether oxygens (including phenoxy) is 1. The van der Waals surface area contributed by atoms with Crippen LogP contribution in [0.5, 0.6) is 0 Å². The summed E-state index contributed by atoms with van der Waals surface area (Å²) in [5.41, 5.74) is 0.546. The third-order valence-corrected chi connectivity index (χ3v) is 4.69. The third-order valence-electron chi connectivity index (χ3n) is 3.23. The van der Waals surface area contributed by atoms with Crippen LogP contribution in [0.15, 0.2) is 58.4 Å². The standard InChI is InChI=1S/C17H12Cl2N2O3S/c18-11-1-4-14(5-2-11)25-10-17(23)24-9-13-7-16(22)21-8-12(19)3-6-15(21)20-13/h1-8H,9-10H2. The molecule has 0 atom stereocenters. The Balaban J connectivity index is 1.60. The highest BCUT2D eigenvalue weighted by molar-refractivity contribution is 8.00. The second-order valence-electron chi connectivity index (χ2n) is 5.06. The summed E-state index contributed by atoms with van der Waals surface area (Å²) in [6, 6.07) is 11.8. The Morgan fingerprint density at radius 1 is 1.12 bits per heavy atom. The monoisotopic (exact) mass is 394 g/mol. The van der Waals surface area contributed by atoms with E-state index >= 15 is 0 Å². The molecule has 3 aromatic rings. The van der Waals surface area contributed by atoms with Crippen LogP contribution in [0.25, 0.3) is 5.65 Å². The van der Waals surface area contributed by atoms with Crippen LogP contribution in [-0.4, -0.2) is 21.1 Å². The first-order chi connectivity index (χ1) is 12.0. The number of fused-ring (bicyclic) bond motifs is 1. The number of halogens is 2. The topological polar surface area (TPSA) is 60.7 Å². The lowest BCUT2D eigenvalue weighted by Crippen LogP contribution is -2.17. The van der Waals surface area contributed by atoms with Crippen molar-refractivity contribution in [2.75, 3.05) is 5.75 Å². The predicted octanol–water partition coefficient (Wildman–Crippen LogP) is 3.84. The van der Waals surface area contributed by atoms with Crippen molar-refractivity contribution >= 4 is 46.6 Å². The first-order valence-corrected chi connectivity index (χ1v) is 8.97. The lowest BCUT2D eigenvalue weighted by Gasteiger charge is -2.06. The number of nitrogens with zero attached hydrogens (tertiary/aromatic N) is 2. The van der Waals surface area contributed by atoms with Crippen LogP contribution in [0.2, 0.25) is 10.0 Å². The largest absolute Gasteiger partial charge is 0.459 e. The molecule has 2 heterocycles. The molecule has 0 amide bonds. The van der Waals surface area contributed by atoms with Gasteiger partial charge in [0, 0.05) is 22.2 Å². The van der Waals surface area contributed by atoms with E-state index in [0.29, 0.717) is 21.4 Å². The Morgan fingerprint density at radius 2 is 1.84 bits per heavy atom. The van der Waals surface area contributed by atoms with Crippen LogP contribution in [0, 0.1) is 0 Å². The molecular formula is C17H12Cl2N2O3S. The molecule has 5 nitrogen and oxygen atoms in total. The van der Waals surface area contributed by atoms with Crippen molar-refractivity contribution in [1.82, 2.24) is 9.38 Å². The van der Waals surface area contributed by atoms with Crippen molar-refractivity contribution in [3.63, 3.8) is 0 Å². The molecule has 1 aromatic carbocycles. The number of rotatable bonds is 5. The number of pyridine rings is 1. The van der Waals surface area contributed by atoms with Crippen molar-refractivity contribution in [2.45, 2.75) is 11.5 Å². The minimum atomic E-state index is -0.391. The molecule has 8 heteroatoms. The number of thioether (sulfide) groups is 1. The zero-order valence-corrected chi connectivity index (χ0v) is 15.1. The second kappa shape index (κ2) is 7.91. The van der Waals surface area contributed by atoms with Gasteiger partial charge in [-0.3, -0.25) is 14.0 Å². The van der Waals surface area contributed by atoms with Gasteiger partial charge in [-0.2, -0.15) is 0 Å². The quantitative estimate of drug-likeness (QED) is 0.485. The summed E-state index contributed by atoms with van der Waals surface area (Å²) in [6.45, 7) is -0.0611. The number of benzene rings is 1. The van der Waals surface area contributed by atoms with E-state index in [1.807, 2.05) is 12.1 Å². The Morgan fingerprint density at radius 3 is 2.60 bits per heavy atom. The molecule has 25 heavy (non-hydrogen) atoms. The van der Waals surface area contributed by atoms with Gasteiger partial charge in [-0.25, -0.2) is 4.98 Å². The number of carbonyl (C=O) groups excluding carboxylic acids is 1. The second-order valence-corrected chi connectivity index (χ2v) is 6.99. The van der Waals surface area contributed by atoms with Crippen LogP contribution >= 0.6 is 35.0 Å². The fourth-order valence-corrected chi connectivity index (χ4v) is 3.05. The van der Waals surface area contributed by atoms with Gasteiger partial charge >= 0.3 is 5.97 Å². The van der Waals surface area contributed by atoms with Crippen LogP contribution in [0.1, 0.15) is 5.69 Å². The minimum Gasteiger partial charge on any atom is -0.459 e. The van der Waals surface area contributed by atoms with E-state index in [4.69, 9.17) is 27.9 Å². The number of hydrogen-bond donors (Lipinski definition) is 0. The molecule has 0 N–H and O–H groups in total. The maximum atomic E-state index is 12.0. The average molecular weight is 395 g/mol. The lowest BCUT2D eigenvalue weighted by atomic mass is 10.4. The highest BCUT2D eigenvalue weighted by atomic mass is 35.5. The zero-order chi connectivity index (χ0) is 17.8. The van der Waals surface area contributed by atoms with Crippen LogP contribution in [0.3, 0.4) is 0 Å². The highest BCUT2D eigenvalue weighted by Gasteiger charge is 2.08. The van der Waals surface area contributed by atoms with E-state index in [9.17, 15) is 9.59 Å². The Labute approximate surface area is 157 Å². The van der Waals surface area contributed by atoms with Gasteiger partial charge in [-0.15, -0.1) is 11.8 Å². The van der Waals surface area contributed by atoms with Crippen molar-refractivity contribution in [2.24, 2.45) is 0 Å². The van der Waals surface area contributed by atoms with E-state index < -0.39 is 5.97 Å². The molecule has 0 radical (unpaired) electrons. The van der Waals surface area contributed by atoms with E-state index in [-0.39, 0.29) is 17.9 Å². The number of aromatic nitrogens is 2. The molecule has 2 aromatic heterocycles. The highest BCUT2D eigenvalue weighted by Crippen LogP contribution is 2.20. The number of hydrogen-bond acceptors (Lipinski definition) is 5. The molecule has 0 aliphatic rings. The molecule has 0 unspecified atom stereocenters. The summed E-state index contributed by atoms with van der Waals surface area (Å²) in [7, 11) is 0. The number of esters is 1. The molecular weight excluding hydrogens is 383 g/mol. The van der Waals surface area contributed by atoms with Gasteiger partial charge in [0.1, 0.15) is 12.3 Å². The van der Waals surface area contributed by atoms with Gasteiger partial charge < -0.3 is 4.74 Å². The van der Waals surface area contributed by atoms with Crippen molar-refractivity contribution in [1.29, 1.82) is 0 Å². The maximum absolute atomic E-state index is 12.0. The number of carbonyl (C=O) groups is 1. The predicted molar refractivity (Wildman–Crippen MR) is 98.4 cm³/mol. The Kier molecular flexibility index (Phi) is 5.63. The van der Waals surface area contributed by atoms with Gasteiger partial charge in [0.15, 0.2) is 0 Å². The van der Waals surface area contributed by atoms with Gasteiger partial charge in [0.05, 0.1) is 16.5 Å². The summed E-state index contributed by atoms with van der Waals surface area (Å²) >= 11 is 13.0. The van der Waals surface area contributed by atoms with Gasteiger partial charge in [-0.1, -0.05) is 23.2 Å². The lowest BCUT2D eigenvalue weighted by molar-refractivity contribution is -0.141. The van der Waals surface area contributed by atoms with Gasteiger partial charge in [0.25, 0.3) is 5.56 Å². The van der Waals surface area contributed by atoms with Crippen LogP contribution in [-0.2, 0) is 16.1 Å². The van der Waals surface area contributed by atoms with Gasteiger partial charge in [-0.05, 0) is 36.4 Å². The van der Waals surface area contributed by atoms with Crippen LogP contribution < -0.4 is 5.56 Å². The first-order valence-electron chi connectivity index (χ1n) is 7.23. The molecule has 0 saturated carbocycles. The molecule has 0 aliphatic carbocycles. The summed E-state index contributed by atoms with van der Waals surface area (Å²) in [5.74, 6) is -0.234. The fraction of sp³-hybridized carbons (Fsp3) is 0.118. The van der Waals surface area contributed by atoms with Gasteiger partial charge in [0.2, 0.25) is 0 Å². The summed E-state index contributed by atoms with van der Waals surface area (Å²) in [4.78, 5) is 29.1. The molecule has 0 aliphatic heterocycles. The molecule has 128 valence electrons. The van der Waals surface area contributed by atoms with Crippen LogP contribution in [0.4, 0.5) is 0 Å². The zero-order valence-electron chi connectivity index (χ0n) is 12.8. The van der Waals surface area contributed by atoms with E-state index in [1.54, 1.807) is 24.3 Å². The Bertz CT molecular complexity index is 974. The SMILES string of the molecule is O=C(CSc1ccc(Cl)cc1)OCc1cc(=O)n2cc(Cl)ccc2n1. The Hall–Kier alpha value is -2.02. The van der Waals surface area contributed by atoms with E-state index in [1.165, 1.54) is 28.4 Å². The van der Waals surface area contributed by atoms with E-state index in [2.05, 4.69) is 4.98 Å². The third kappa shape index (κ3) is 4.75. The summed E-state index contributed by atoms with van der Waals surface area (Å²) in [6.07, 6.45) is 1.49. The molecule has 3 rings (SSSR count). The smallest absolute Gasteiger partial charge is 0.316 e. The normalized spacial score (nSPS) is 10.8. The molecule has 0 bridgehead atoms. The van der Waals surface area contributed by atoms with Crippen molar-refractivity contribution in [3.05, 3.63) is 74.8 Å². The minimum absolute atomic E-state index is 0.0611. The van der Waals surface area contributed by atoms with Crippen molar-refractivity contribution < 1.29 is 9.53 Å². The maximum Gasteiger partial charge on any atom is 0.316 e. The molecule has 0 saturated heterocycles. The molecule has 0 spiro atoms. The first kappa shape index (κ1) is 17.8.